The summed E-state index contributed by atoms with van der Waals surface area (Å²) in [7, 11) is 0. The highest BCUT2D eigenvalue weighted by atomic mass is 16.2. The highest BCUT2D eigenvalue weighted by Gasteiger charge is 2.23. The molecule has 0 unspecified atom stereocenters. The second-order valence-electron chi connectivity index (χ2n) is 6.52. The van der Waals surface area contributed by atoms with Gasteiger partial charge in [-0.15, -0.1) is 0 Å². The van der Waals surface area contributed by atoms with Gasteiger partial charge in [0.25, 0.3) is 0 Å². The van der Waals surface area contributed by atoms with Crippen LogP contribution in [-0.2, 0) is 6.42 Å². The van der Waals surface area contributed by atoms with Crippen molar-refractivity contribution in [2.45, 2.75) is 13.3 Å². The summed E-state index contributed by atoms with van der Waals surface area (Å²) in [5.41, 5.74) is 3.42. The number of carbonyl (C=O) groups excluding carboxylic acids is 1. The lowest BCUT2D eigenvalue weighted by molar-refractivity contribution is -0.903. The molecular weight excluding hydrogens is 298 g/mol. The van der Waals surface area contributed by atoms with Gasteiger partial charge in [0.1, 0.15) is 0 Å². The summed E-state index contributed by atoms with van der Waals surface area (Å²) in [6, 6.07) is 18.6. The summed E-state index contributed by atoms with van der Waals surface area (Å²) >= 11 is 0. The first-order chi connectivity index (χ1) is 11.7. The third-order valence-electron chi connectivity index (χ3n) is 4.64. The zero-order valence-electron chi connectivity index (χ0n) is 14.3. The number of anilines is 1. The van der Waals surface area contributed by atoms with Gasteiger partial charge < -0.3 is 15.1 Å². The van der Waals surface area contributed by atoms with Gasteiger partial charge in [-0.3, -0.25) is 0 Å². The van der Waals surface area contributed by atoms with Crippen LogP contribution in [0.2, 0.25) is 0 Å². The second-order valence-corrected chi connectivity index (χ2v) is 6.52. The fraction of sp³-hybridized carbons (Fsp3) is 0.350. The van der Waals surface area contributed by atoms with E-state index in [2.05, 4.69) is 35.6 Å². The Balaban J connectivity index is 1.43. The summed E-state index contributed by atoms with van der Waals surface area (Å²) < 4.78 is 0. The van der Waals surface area contributed by atoms with Crippen molar-refractivity contribution in [2.24, 2.45) is 0 Å². The van der Waals surface area contributed by atoms with Gasteiger partial charge in [-0.2, -0.15) is 0 Å². The molecule has 4 heteroatoms. The molecule has 1 aliphatic rings. The maximum absolute atomic E-state index is 12.4. The topological polar surface area (TPSA) is 36.8 Å². The Morgan fingerprint density at radius 2 is 1.83 bits per heavy atom. The van der Waals surface area contributed by atoms with Crippen molar-refractivity contribution in [2.75, 3.05) is 38.0 Å². The zero-order chi connectivity index (χ0) is 16.8. The van der Waals surface area contributed by atoms with Crippen LogP contribution < -0.4 is 10.2 Å². The number of piperazine rings is 1. The van der Waals surface area contributed by atoms with Crippen LogP contribution in [-0.4, -0.2) is 43.7 Å². The van der Waals surface area contributed by atoms with Crippen LogP contribution in [0.3, 0.4) is 0 Å². The predicted molar refractivity (Wildman–Crippen MR) is 97.5 cm³/mol. The number of hydrogen-bond donors (Lipinski definition) is 2. The lowest BCUT2D eigenvalue weighted by Crippen LogP contribution is -3.15. The molecular formula is C20H26N3O+. The smallest absolute Gasteiger partial charge is 0.322 e. The van der Waals surface area contributed by atoms with Crippen molar-refractivity contribution in [3.63, 3.8) is 0 Å². The standard InChI is InChI=1S/C20H25N3O/c1-17-6-5-9-19(16-17)21-20(24)23-14-12-22(13-15-23)11-10-18-7-3-2-4-8-18/h2-9,16H,10-15H2,1H3,(H,21,24)/p+1. The number of rotatable bonds is 4. The molecule has 1 aliphatic heterocycles. The number of nitrogens with zero attached hydrogens (tertiary/aromatic N) is 1. The summed E-state index contributed by atoms with van der Waals surface area (Å²) in [6.07, 6.45) is 1.10. The normalized spacial score (nSPS) is 15.3. The maximum atomic E-state index is 12.4. The van der Waals surface area contributed by atoms with Crippen LogP contribution in [0.1, 0.15) is 11.1 Å². The Hall–Kier alpha value is -2.33. The highest BCUT2D eigenvalue weighted by Crippen LogP contribution is 2.10. The number of nitrogens with one attached hydrogen (secondary N) is 2. The fourth-order valence-electron chi connectivity index (χ4n) is 3.17. The first-order valence-corrected chi connectivity index (χ1v) is 8.71. The van der Waals surface area contributed by atoms with Gasteiger partial charge >= 0.3 is 6.03 Å². The number of amides is 2. The van der Waals surface area contributed by atoms with E-state index in [-0.39, 0.29) is 6.03 Å². The van der Waals surface area contributed by atoms with E-state index in [1.165, 1.54) is 5.56 Å². The first kappa shape index (κ1) is 16.5. The average Bonchev–Trinajstić information content (AvgIpc) is 2.61. The van der Waals surface area contributed by atoms with E-state index < -0.39 is 0 Å². The Kier molecular flexibility index (Phi) is 5.49. The SMILES string of the molecule is Cc1cccc(NC(=O)N2CC[NH+](CCc3ccccc3)CC2)c1. The van der Waals surface area contributed by atoms with Gasteiger partial charge in [0.2, 0.25) is 0 Å². The number of carbonyl (C=O) groups is 1. The molecule has 1 fully saturated rings. The van der Waals surface area contributed by atoms with Crippen molar-refractivity contribution in [1.29, 1.82) is 0 Å². The predicted octanol–water partition coefficient (Wildman–Crippen LogP) is 1.97. The molecule has 0 atom stereocenters. The van der Waals surface area contributed by atoms with Crippen molar-refractivity contribution >= 4 is 11.7 Å². The molecule has 2 aromatic carbocycles. The molecule has 0 radical (unpaired) electrons. The van der Waals surface area contributed by atoms with E-state index in [0.29, 0.717) is 0 Å². The molecule has 0 spiro atoms. The van der Waals surface area contributed by atoms with E-state index >= 15 is 0 Å². The largest absolute Gasteiger partial charge is 0.332 e. The van der Waals surface area contributed by atoms with Crippen molar-refractivity contribution in [3.8, 4) is 0 Å². The molecule has 1 saturated heterocycles. The zero-order valence-corrected chi connectivity index (χ0v) is 14.3. The minimum absolute atomic E-state index is 0.0164. The van der Waals surface area contributed by atoms with E-state index in [9.17, 15) is 4.79 Å². The Labute approximate surface area is 144 Å². The van der Waals surface area contributed by atoms with Crippen LogP contribution in [0, 0.1) is 6.92 Å². The summed E-state index contributed by atoms with van der Waals surface area (Å²) in [6.45, 7) is 6.85. The molecule has 0 bridgehead atoms. The Bertz CT molecular complexity index is 664. The van der Waals surface area contributed by atoms with Gasteiger partial charge in [0.05, 0.1) is 32.7 Å². The van der Waals surface area contributed by atoms with Gasteiger partial charge in [-0.05, 0) is 30.2 Å². The summed E-state index contributed by atoms with van der Waals surface area (Å²) in [5.74, 6) is 0. The van der Waals surface area contributed by atoms with E-state index in [1.807, 2.05) is 36.1 Å². The molecule has 2 N–H and O–H groups in total. The van der Waals surface area contributed by atoms with Crippen LogP contribution in [0.25, 0.3) is 0 Å². The lowest BCUT2D eigenvalue weighted by atomic mass is 10.1. The minimum Gasteiger partial charge on any atom is -0.332 e. The quantitative estimate of drug-likeness (QED) is 0.886. The van der Waals surface area contributed by atoms with Crippen molar-refractivity contribution in [1.82, 2.24) is 4.90 Å². The minimum atomic E-state index is 0.0164. The summed E-state index contributed by atoms with van der Waals surface area (Å²) in [4.78, 5) is 15.9. The Morgan fingerprint density at radius 1 is 1.08 bits per heavy atom. The fourth-order valence-corrected chi connectivity index (χ4v) is 3.17. The average molecular weight is 324 g/mol. The van der Waals surface area contributed by atoms with E-state index in [4.69, 9.17) is 0 Å². The number of aryl methyl sites for hydroxylation is 1. The van der Waals surface area contributed by atoms with E-state index in [0.717, 1.165) is 50.4 Å². The summed E-state index contributed by atoms with van der Waals surface area (Å²) in [5, 5.41) is 3.00. The van der Waals surface area contributed by atoms with Crippen LogP contribution in [0.15, 0.2) is 54.6 Å². The third-order valence-corrected chi connectivity index (χ3v) is 4.64. The molecule has 1 heterocycles. The van der Waals surface area contributed by atoms with Crippen LogP contribution in [0.4, 0.5) is 10.5 Å². The van der Waals surface area contributed by atoms with Crippen LogP contribution in [0.5, 0.6) is 0 Å². The van der Waals surface area contributed by atoms with Gasteiger partial charge in [0.15, 0.2) is 0 Å². The number of quaternary nitrogens is 1. The Morgan fingerprint density at radius 3 is 2.54 bits per heavy atom. The molecule has 0 saturated carbocycles. The number of hydrogen-bond acceptors (Lipinski definition) is 1. The molecule has 126 valence electrons. The highest BCUT2D eigenvalue weighted by molar-refractivity contribution is 5.89. The van der Waals surface area contributed by atoms with Gasteiger partial charge in [-0.1, -0.05) is 42.5 Å². The van der Waals surface area contributed by atoms with E-state index in [1.54, 1.807) is 4.90 Å². The lowest BCUT2D eigenvalue weighted by Gasteiger charge is -2.32. The third kappa shape index (κ3) is 4.59. The monoisotopic (exact) mass is 324 g/mol. The van der Waals surface area contributed by atoms with Crippen molar-refractivity contribution in [3.05, 3.63) is 65.7 Å². The molecule has 3 rings (SSSR count). The number of urea groups is 1. The molecule has 2 aromatic rings. The molecule has 4 nitrogen and oxygen atoms in total. The van der Waals surface area contributed by atoms with Gasteiger partial charge in [-0.25, -0.2) is 4.79 Å². The van der Waals surface area contributed by atoms with Crippen molar-refractivity contribution < 1.29 is 9.69 Å². The molecule has 2 amide bonds. The van der Waals surface area contributed by atoms with Gasteiger partial charge in [0, 0.05) is 12.1 Å². The molecule has 0 aromatic heterocycles. The first-order valence-electron chi connectivity index (χ1n) is 8.71. The van der Waals surface area contributed by atoms with Crippen LogP contribution >= 0.6 is 0 Å². The molecule has 0 aliphatic carbocycles. The maximum Gasteiger partial charge on any atom is 0.322 e. The number of benzene rings is 2. The second kappa shape index (κ2) is 7.97. The molecule has 24 heavy (non-hydrogen) atoms.